The van der Waals surface area contributed by atoms with E-state index in [2.05, 4.69) is 5.32 Å². The molecule has 0 saturated carbocycles. The Balaban J connectivity index is 1.83. The highest BCUT2D eigenvalue weighted by atomic mass is 35.5. The molecule has 1 aliphatic heterocycles. The van der Waals surface area contributed by atoms with Gasteiger partial charge in [-0.3, -0.25) is 4.79 Å². The molecule has 0 fully saturated rings. The number of phenolic OH excluding ortho intramolecular Hbond substituents is 1. The molecule has 1 atom stereocenters. The van der Waals surface area contributed by atoms with Gasteiger partial charge in [0.15, 0.2) is 0 Å². The van der Waals surface area contributed by atoms with Crippen molar-refractivity contribution in [1.82, 2.24) is 5.32 Å². The number of phenols is 1. The summed E-state index contributed by atoms with van der Waals surface area (Å²) in [6.07, 6.45) is 0.692. The lowest BCUT2D eigenvalue weighted by Gasteiger charge is -2.26. The molecule has 0 saturated heterocycles. The van der Waals surface area contributed by atoms with Gasteiger partial charge in [-0.2, -0.15) is 0 Å². The van der Waals surface area contributed by atoms with Gasteiger partial charge < -0.3 is 15.2 Å². The highest BCUT2D eigenvalue weighted by Gasteiger charge is 2.23. The Morgan fingerprint density at radius 2 is 2.10 bits per heavy atom. The molecule has 5 heteroatoms. The molecule has 1 amide bonds. The summed E-state index contributed by atoms with van der Waals surface area (Å²) in [5.74, 6) is 0.334. The Morgan fingerprint density at radius 3 is 2.90 bits per heavy atom. The van der Waals surface area contributed by atoms with Gasteiger partial charge >= 0.3 is 0 Å². The molecule has 2 aromatic carbocycles. The number of fused-ring (bicyclic) bond motifs is 1. The van der Waals surface area contributed by atoms with Crippen LogP contribution in [0.3, 0.4) is 0 Å². The summed E-state index contributed by atoms with van der Waals surface area (Å²) in [6.45, 7) is 0.550. The van der Waals surface area contributed by atoms with Crippen molar-refractivity contribution in [2.75, 3.05) is 6.61 Å². The van der Waals surface area contributed by atoms with Gasteiger partial charge in [0.2, 0.25) is 0 Å². The van der Waals surface area contributed by atoms with Crippen molar-refractivity contribution in [3.05, 3.63) is 58.6 Å². The molecule has 0 aromatic heterocycles. The number of aromatic hydroxyl groups is 1. The lowest BCUT2D eigenvalue weighted by atomic mass is 10.00. The molecule has 0 radical (unpaired) electrons. The summed E-state index contributed by atoms with van der Waals surface area (Å²) in [7, 11) is 0. The predicted molar refractivity (Wildman–Crippen MR) is 79.9 cm³/mol. The maximum Gasteiger partial charge on any atom is 0.255 e. The molecule has 0 bridgehead atoms. The minimum atomic E-state index is -0.328. The smallest absolute Gasteiger partial charge is 0.255 e. The molecular weight excluding hydrogens is 290 g/mol. The van der Waals surface area contributed by atoms with E-state index < -0.39 is 0 Å². The molecule has 2 N–H and O–H groups in total. The Bertz CT molecular complexity index is 687. The first-order chi connectivity index (χ1) is 10.1. The first-order valence-electron chi connectivity index (χ1n) is 6.66. The monoisotopic (exact) mass is 303 g/mol. The number of halogens is 1. The average molecular weight is 304 g/mol. The molecule has 1 unspecified atom stereocenters. The maximum absolute atomic E-state index is 12.3. The third kappa shape index (κ3) is 2.81. The highest BCUT2D eigenvalue weighted by molar-refractivity contribution is 6.30. The number of hydrogen-bond acceptors (Lipinski definition) is 3. The van der Waals surface area contributed by atoms with Crippen molar-refractivity contribution >= 4 is 17.5 Å². The standard InChI is InChI=1S/C16H14ClNO3/c17-10-5-6-12(14(19)9-10)16(20)18-13-7-8-21-15-4-2-1-3-11(13)15/h1-6,9,13,19H,7-8H2,(H,18,20). The summed E-state index contributed by atoms with van der Waals surface area (Å²) in [6, 6.07) is 11.9. The molecule has 2 aromatic rings. The summed E-state index contributed by atoms with van der Waals surface area (Å²) >= 11 is 5.77. The zero-order chi connectivity index (χ0) is 14.8. The van der Waals surface area contributed by atoms with E-state index in [4.69, 9.17) is 16.3 Å². The lowest BCUT2D eigenvalue weighted by Crippen LogP contribution is -2.32. The molecular formula is C16H14ClNO3. The van der Waals surface area contributed by atoms with Crippen LogP contribution in [0.25, 0.3) is 0 Å². The summed E-state index contributed by atoms with van der Waals surface area (Å²) in [5, 5.41) is 13.1. The Hall–Kier alpha value is -2.20. The van der Waals surface area contributed by atoms with E-state index in [0.29, 0.717) is 18.1 Å². The van der Waals surface area contributed by atoms with Crippen molar-refractivity contribution in [1.29, 1.82) is 0 Å². The molecule has 3 rings (SSSR count). The van der Waals surface area contributed by atoms with E-state index >= 15 is 0 Å². The van der Waals surface area contributed by atoms with Crippen LogP contribution in [0.4, 0.5) is 0 Å². The first-order valence-corrected chi connectivity index (χ1v) is 7.04. The van der Waals surface area contributed by atoms with Crippen molar-refractivity contribution in [2.45, 2.75) is 12.5 Å². The zero-order valence-corrected chi connectivity index (χ0v) is 11.9. The van der Waals surface area contributed by atoms with Gasteiger partial charge in [-0.05, 0) is 24.3 Å². The number of ether oxygens (including phenoxy) is 1. The molecule has 1 heterocycles. The SMILES string of the molecule is O=C(NC1CCOc2ccccc21)c1ccc(Cl)cc1O. The number of benzene rings is 2. The van der Waals surface area contributed by atoms with E-state index in [-0.39, 0.29) is 23.3 Å². The normalized spacial score (nSPS) is 16.7. The average Bonchev–Trinajstić information content (AvgIpc) is 2.47. The summed E-state index contributed by atoms with van der Waals surface area (Å²) in [4.78, 5) is 12.3. The van der Waals surface area contributed by atoms with E-state index in [1.165, 1.54) is 12.1 Å². The fourth-order valence-corrected chi connectivity index (χ4v) is 2.59. The van der Waals surface area contributed by atoms with Crippen LogP contribution in [-0.4, -0.2) is 17.6 Å². The molecule has 4 nitrogen and oxygen atoms in total. The number of rotatable bonds is 2. The summed E-state index contributed by atoms with van der Waals surface area (Å²) < 4.78 is 5.56. The van der Waals surface area contributed by atoms with E-state index in [0.717, 1.165) is 11.3 Å². The van der Waals surface area contributed by atoms with E-state index in [1.54, 1.807) is 6.07 Å². The van der Waals surface area contributed by atoms with E-state index in [1.807, 2.05) is 24.3 Å². The van der Waals surface area contributed by atoms with Crippen LogP contribution in [0.15, 0.2) is 42.5 Å². The van der Waals surface area contributed by atoms with Crippen molar-refractivity contribution in [3.8, 4) is 11.5 Å². The van der Waals surface area contributed by atoms with Crippen LogP contribution >= 0.6 is 11.6 Å². The number of amides is 1. The lowest BCUT2D eigenvalue weighted by molar-refractivity contribution is 0.0922. The van der Waals surface area contributed by atoms with Gasteiger partial charge in [0.05, 0.1) is 18.2 Å². The van der Waals surface area contributed by atoms with Gasteiger partial charge in [0, 0.05) is 17.0 Å². The highest BCUT2D eigenvalue weighted by Crippen LogP contribution is 2.32. The maximum atomic E-state index is 12.3. The fourth-order valence-electron chi connectivity index (χ4n) is 2.42. The molecule has 0 spiro atoms. The van der Waals surface area contributed by atoms with Crippen LogP contribution < -0.4 is 10.1 Å². The van der Waals surface area contributed by atoms with Gasteiger partial charge in [0.25, 0.3) is 5.91 Å². The van der Waals surface area contributed by atoms with Crippen molar-refractivity contribution < 1.29 is 14.6 Å². The number of hydrogen-bond donors (Lipinski definition) is 2. The van der Waals surface area contributed by atoms with Crippen LogP contribution in [0, 0.1) is 0 Å². The van der Waals surface area contributed by atoms with Crippen LogP contribution in [0.2, 0.25) is 5.02 Å². The first kappa shape index (κ1) is 13.8. The largest absolute Gasteiger partial charge is 0.507 e. The second kappa shape index (κ2) is 5.66. The van der Waals surface area contributed by atoms with Crippen molar-refractivity contribution in [3.63, 3.8) is 0 Å². The number of nitrogens with one attached hydrogen (secondary N) is 1. The Morgan fingerprint density at radius 1 is 1.29 bits per heavy atom. The topological polar surface area (TPSA) is 58.6 Å². The number of carbonyl (C=O) groups excluding carboxylic acids is 1. The molecule has 108 valence electrons. The zero-order valence-electron chi connectivity index (χ0n) is 11.2. The minimum Gasteiger partial charge on any atom is -0.507 e. The van der Waals surface area contributed by atoms with Gasteiger partial charge in [-0.1, -0.05) is 29.8 Å². The molecule has 21 heavy (non-hydrogen) atoms. The minimum absolute atomic E-state index is 0.125. The second-order valence-corrected chi connectivity index (χ2v) is 5.30. The summed E-state index contributed by atoms with van der Waals surface area (Å²) in [5.41, 5.74) is 1.16. The van der Waals surface area contributed by atoms with Crippen LogP contribution in [0.5, 0.6) is 11.5 Å². The van der Waals surface area contributed by atoms with Crippen LogP contribution in [-0.2, 0) is 0 Å². The van der Waals surface area contributed by atoms with Crippen LogP contribution in [0.1, 0.15) is 28.4 Å². The fraction of sp³-hybridized carbons (Fsp3) is 0.188. The predicted octanol–water partition coefficient (Wildman–Crippen LogP) is 3.30. The second-order valence-electron chi connectivity index (χ2n) is 4.86. The molecule has 0 aliphatic carbocycles. The van der Waals surface area contributed by atoms with Crippen molar-refractivity contribution in [2.24, 2.45) is 0 Å². The number of carbonyl (C=O) groups is 1. The number of para-hydroxylation sites is 1. The Labute approximate surface area is 127 Å². The van der Waals surface area contributed by atoms with Gasteiger partial charge in [-0.15, -0.1) is 0 Å². The Kier molecular flexibility index (Phi) is 3.71. The third-order valence-corrected chi connectivity index (χ3v) is 3.70. The van der Waals surface area contributed by atoms with Gasteiger partial charge in [0.1, 0.15) is 11.5 Å². The van der Waals surface area contributed by atoms with E-state index in [9.17, 15) is 9.90 Å². The quantitative estimate of drug-likeness (QED) is 0.895. The van der Waals surface area contributed by atoms with Gasteiger partial charge in [-0.25, -0.2) is 0 Å². The molecule has 1 aliphatic rings. The third-order valence-electron chi connectivity index (χ3n) is 3.47.